The molecule has 176 valence electrons. The van der Waals surface area contributed by atoms with Crippen molar-refractivity contribution in [1.82, 2.24) is 0 Å². The highest BCUT2D eigenvalue weighted by atomic mass is 15.3. The minimum atomic E-state index is 1.37. The lowest BCUT2D eigenvalue weighted by Crippen LogP contribution is -2.50. The summed E-state index contributed by atoms with van der Waals surface area (Å²) in [6.45, 7) is 15.2. The molecule has 1 heteroatoms. The van der Waals surface area contributed by atoms with Crippen LogP contribution in [0, 0.1) is 0 Å². The fourth-order valence-corrected chi connectivity index (χ4v) is 4.87. The molecule has 0 rings (SSSR count). The Labute approximate surface area is 187 Å². The molecule has 0 aliphatic rings. The van der Waals surface area contributed by atoms with Crippen molar-refractivity contribution in [2.75, 3.05) is 26.2 Å². The van der Waals surface area contributed by atoms with Crippen molar-refractivity contribution in [3.63, 3.8) is 0 Å². The first-order valence-electron chi connectivity index (χ1n) is 14.1. The second-order valence-corrected chi connectivity index (χ2v) is 9.89. The molecule has 0 aromatic carbocycles. The molecule has 0 aliphatic heterocycles. The molecule has 0 aromatic rings. The van der Waals surface area contributed by atoms with Crippen LogP contribution in [0.25, 0.3) is 0 Å². The lowest BCUT2D eigenvalue weighted by molar-refractivity contribution is -0.929. The maximum Gasteiger partial charge on any atom is 0.0786 e. The van der Waals surface area contributed by atoms with Crippen molar-refractivity contribution >= 4 is 0 Å². The fourth-order valence-electron chi connectivity index (χ4n) is 4.87. The highest BCUT2D eigenvalue weighted by Gasteiger charge is 2.25. The van der Waals surface area contributed by atoms with Gasteiger partial charge < -0.3 is 4.48 Å². The third-order valence-electron chi connectivity index (χ3n) is 6.94. The Kier molecular flexibility index (Phi) is 22.6. The molecule has 1 nitrogen and oxygen atoms in total. The molecule has 0 saturated heterocycles. The topological polar surface area (TPSA) is 0 Å². The van der Waals surface area contributed by atoms with Gasteiger partial charge in [0.2, 0.25) is 0 Å². The smallest absolute Gasteiger partial charge is 0.0786 e. The molecular formula is C28H60N+. The Morgan fingerprint density at radius 3 is 0.759 bits per heavy atom. The summed E-state index contributed by atoms with van der Waals surface area (Å²) >= 11 is 0. The van der Waals surface area contributed by atoms with E-state index in [1.807, 2.05) is 0 Å². The minimum absolute atomic E-state index is 1.37. The number of nitrogens with zero attached hydrogens (tertiary/aromatic N) is 1. The molecule has 0 amide bonds. The van der Waals surface area contributed by atoms with E-state index in [1.54, 1.807) is 0 Å². The van der Waals surface area contributed by atoms with Gasteiger partial charge in [-0.15, -0.1) is 0 Å². The zero-order valence-corrected chi connectivity index (χ0v) is 21.4. The first kappa shape index (κ1) is 29.0. The molecule has 0 saturated carbocycles. The van der Waals surface area contributed by atoms with E-state index >= 15 is 0 Å². The summed E-state index contributed by atoms with van der Waals surface area (Å²) in [4.78, 5) is 0. The Bertz CT molecular complexity index is 267. The summed E-state index contributed by atoms with van der Waals surface area (Å²) in [6, 6.07) is 0. The van der Waals surface area contributed by atoms with Crippen molar-refractivity contribution in [3.8, 4) is 0 Å². The van der Waals surface area contributed by atoms with Gasteiger partial charge in [-0.2, -0.15) is 0 Å². The average molecular weight is 411 g/mol. The van der Waals surface area contributed by atoms with E-state index in [2.05, 4.69) is 27.7 Å². The predicted octanol–water partition coefficient (Wildman–Crippen LogP) is 9.68. The highest BCUT2D eigenvalue weighted by Crippen LogP contribution is 2.20. The number of hydrogen-bond donors (Lipinski definition) is 0. The van der Waals surface area contributed by atoms with Crippen LogP contribution in [-0.4, -0.2) is 30.7 Å². The normalized spacial score (nSPS) is 12.0. The molecule has 0 spiro atoms. The van der Waals surface area contributed by atoms with Gasteiger partial charge in [0.15, 0.2) is 0 Å². The van der Waals surface area contributed by atoms with E-state index in [-0.39, 0.29) is 0 Å². The van der Waals surface area contributed by atoms with Gasteiger partial charge in [-0.25, -0.2) is 0 Å². The van der Waals surface area contributed by atoms with E-state index in [0.717, 1.165) is 0 Å². The van der Waals surface area contributed by atoms with Crippen LogP contribution in [0.2, 0.25) is 0 Å². The SMILES string of the molecule is CCCCCCCCCC[N+](CCCCCC)(CCCCCC)CCCCCC. The van der Waals surface area contributed by atoms with Crippen molar-refractivity contribution in [1.29, 1.82) is 0 Å². The summed E-state index contributed by atoms with van der Waals surface area (Å²) in [6.07, 6.45) is 28.8. The standard InChI is InChI=1S/C28H60N/c1-5-9-13-17-18-19-20-24-28-29(25-21-14-10-6-2,26-22-15-11-7-3)27-23-16-12-8-4/h5-28H2,1-4H3/q+1. The largest absolute Gasteiger partial charge is 0.324 e. The van der Waals surface area contributed by atoms with Gasteiger partial charge in [0.1, 0.15) is 0 Å². The van der Waals surface area contributed by atoms with Gasteiger partial charge in [0, 0.05) is 0 Å². The molecule has 0 aliphatic carbocycles. The molecule has 0 aromatic heterocycles. The van der Waals surface area contributed by atoms with Crippen LogP contribution < -0.4 is 0 Å². The number of hydrogen-bond acceptors (Lipinski definition) is 0. The Hall–Kier alpha value is -0.0400. The zero-order chi connectivity index (χ0) is 21.5. The first-order valence-corrected chi connectivity index (χ1v) is 14.1. The van der Waals surface area contributed by atoms with Crippen LogP contribution in [0.15, 0.2) is 0 Å². The maximum atomic E-state index is 2.35. The minimum Gasteiger partial charge on any atom is -0.324 e. The predicted molar refractivity (Wildman–Crippen MR) is 135 cm³/mol. The number of unbranched alkanes of at least 4 members (excludes halogenated alkanes) is 16. The van der Waals surface area contributed by atoms with Gasteiger partial charge in [-0.3, -0.25) is 0 Å². The van der Waals surface area contributed by atoms with Crippen molar-refractivity contribution in [3.05, 3.63) is 0 Å². The second kappa shape index (κ2) is 22.6. The van der Waals surface area contributed by atoms with Crippen LogP contribution in [0.3, 0.4) is 0 Å². The summed E-state index contributed by atoms with van der Waals surface area (Å²) in [5.74, 6) is 0. The zero-order valence-electron chi connectivity index (χ0n) is 21.4. The molecule has 0 fully saturated rings. The third kappa shape index (κ3) is 18.4. The summed E-state index contributed by atoms with van der Waals surface area (Å²) < 4.78 is 1.47. The quantitative estimate of drug-likeness (QED) is 0.110. The number of quaternary nitrogens is 1. The van der Waals surface area contributed by atoms with E-state index < -0.39 is 0 Å². The van der Waals surface area contributed by atoms with Gasteiger partial charge in [-0.1, -0.05) is 105 Å². The summed E-state index contributed by atoms with van der Waals surface area (Å²) in [5.41, 5.74) is 0. The van der Waals surface area contributed by atoms with Gasteiger partial charge in [0.25, 0.3) is 0 Å². The van der Waals surface area contributed by atoms with Crippen LogP contribution in [0.5, 0.6) is 0 Å². The van der Waals surface area contributed by atoms with Gasteiger partial charge >= 0.3 is 0 Å². The van der Waals surface area contributed by atoms with Crippen LogP contribution in [-0.2, 0) is 0 Å². The van der Waals surface area contributed by atoms with E-state index in [4.69, 9.17) is 0 Å². The highest BCUT2D eigenvalue weighted by molar-refractivity contribution is 4.54. The monoisotopic (exact) mass is 410 g/mol. The van der Waals surface area contributed by atoms with Crippen LogP contribution in [0.4, 0.5) is 0 Å². The molecule has 0 heterocycles. The lowest BCUT2D eigenvalue weighted by Gasteiger charge is -2.39. The van der Waals surface area contributed by atoms with Crippen molar-refractivity contribution in [2.45, 2.75) is 156 Å². The van der Waals surface area contributed by atoms with Gasteiger partial charge in [0.05, 0.1) is 26.2 Å². The maximum absolute atomic E-state index is 2.35. The summed E-state index contributed by atoms with van der Waals surface area (Å²) in [5, 5.41) is 0. The van der Waals surface area contributed by atoms with Crippen LogP contribution >= 0.6 is 0 Å². The lowest BCUT2D eigenvalue weighted by atomic mass is 10.1. The molecule has 0 unspecified atom stereocenters. The summed E-state index contributed by atoms with van der Waals surface area (Å²) in [7, 11) is 0. The molecule has 0 radical (unpaired) electrons. The molecule has 0 bridgehead atoms. The molecular weight excluding hydrogens is 350 g/mol. The molecule has 29 heavy (non-hydrogen) atoms. The second-order valence-electron chi connectivity index (χ2n) is 9.89. The van der Waals surface area contributed by atoms with Crippen LogP contribution in [0.1, 0.15) is 156 Å². The number of rotatable bonds is 24. The Morgan fingerprint density at radius 1 is 0.276 bits per heavy atom. The van der Waals surface area contributed by atoms with E-state index in [9.17, 15) is 0 Å². The first-order chi connectivity index (χ1) is 14.2. The van der Waals surface area contributed by atoms with E-state index in [1.165, 1.54) is 159 Å². The molecule has 0 atom stereocenters. The third-order valence-corrected chi connectivity index (χ3v) is 6.94. The molecule has 0 N–H and O–H groups in total. The van der Waals surface area contributed by atoms with Crippen molar-refractivity contribution < 1.29 is 4.48 Å². The van der Waals surface area contributed by atoms with Crippen molar-refractivity contribution in [2.24, 2.45) is 0 Å². The fraction of sp³-hybridized carbons (Fsp3) is 1.00. The van der Waals surface area contributed by atoms with Gasteiger partial charge in [-0.05, 0) is 51.4 Å². The van der Waals surface area contributed by atoms with E-state index in [0.29, 0.717) is 0 Å². The average Bonchev–Trinajstić information content (AvgIpc) is 2.73. The Balaban J connectivity index is 4.54. The Morgan fingerprint density at radius 2 is 0.483 bits per heavy atom.